The topological polar surface area (TPSA) is 80.8 Å². The van der Waals surface area contributed by atoms with Gasteiger partial charge in [0.2, 0.25) is 11.1 Å². The number of carbonyl (C=O) groups is 1. The molecule has 0 saturated carbocycles. The molecule has 8 heteroatoms. The van der Waals surface area contributed by atoms with E-state index in [1.54, 1.807) is 25.4 Å². The first-order valence-electron chi connectivity index (χ1n) is 7.54. The predicted molar refractivity (Wildman–Crippen MR) is 99.2 cm³/mol. The Morgan fingerprint density at radius 1 is 1.36 bits per heavy atom. The average Bonchev–Trinajstić information content (AvgIpc) is 2.98. The largest absolute Gasteiger partial charge is 0.384 e. The summed E-state index contributed by atoms with van der Waals surface area (Å²) < 4.78 is 6.11. The van der Waals surface area contributed by atoms with E-state index < -0.39 is 0 Å². The first-order valence-corrected chi connectivity index (χ1v) is 8.71. The Hall–Kier alpha value is -1.83. The van der Waals surface area contributed by atoms with Crippen molar-refractivity contribution in [2.24, 2.45) is 0 Å². The van der Waals surface area contributed by atoms with Crippen molar-refractivity contribution in [3.8, 4) is 0 Å². The number of ketones is 1. The average molecular weight is 424 g/mol. The van der Waals surface area contributed by atoms with Gasteiger partial charge in [-0.05, 0) is 45.2 Å². The molecule has 3 heterocycles. The third-order valence-corrected chi connectivity index (χ3v) is 4.55. The van der Waals surface area contributed by atoms with Crippen molar-refractivity contribution >= 4 is 44.3 Å². The van der Waals surface area contributed by atoms with E-state index in [1.807, 2.05) is 20.0 Å². The molecule has 0 unspecified atom stereocenters. The number of methoxy groups -OCH3 is 1. The SMILES string of the molecule is COCC(C)(C)c1c[nH]c2nc(Cl)nc(C(=O)c3ccc(Br)cn3)c12. The Morgan fingerprint density at radius 3 is 2.76 bits per heavy atom. The summed E-state index contributed by atoms with van der Waals surface area (Å²) in [5, 5.41) is 0.645. The van der Waals surface area contributed by atoms with Gasteiger partial charge in [-0.3, -0.25) is 9.78 Å². The minimum Gasteiger partial charge on any atom is -0.384 e. The number of pyridine rings is 1. The quantitative estimate of drug-likeness (QED) is 0.497. The van der Waals surface area contributed by atoms with Crippen molar-refractivity contribution in [2.75, 3.05) is 13.7 Å². The summed E-state index contributed by atoms with van der Waals surface area (Å²) in [6.45, 7) is 4.53. The summed E-state index contributed by atoms with van der Waals surface area (Å²) in [6, 6.07) is 3.40. The molecule has 3 aromatic heterocycles. The van der Waals surface area contributed by atoms with E-state index in [0.29, 0.717) is 17.6 Å². The number of aromatic nitrogens is 4. The molecule has 0 fully saturated rings. The number of hydrogen-bond donors (Lipinski definition) is 1. The third-order valence-electron chi connectivity index (χ3n) is 3.91. The van der Waals surface area contributed by atoms with Crippen LogP contribution in [0.15, 0.2) is 29.0 Å². The van der Waals surface area contributed by atoms with Gasteiger partial charge in [0.15, 0.2) is 0 Å². The van der Waals surface area contributed by atoms with Crippen LogP contribution in [0.2, 0.25) is 5.28 Å². The molecule has 0 bridgehead atoms. The van der Waals surface area contributed by atoms with Crippen LogP contribution in [0.5, 0.6) is 0 Å². The van der Waals surface area contributed by atoms with Crippen molar-refractivity contribution in [3.05, 3.63) is 51.2 Å². The smallest absolute Gasteiger partial charge is 0.230 e. The maximum Gasteiger partial charge on any atom is 0.230 e. The first-order chi connectivity index (χ1) is 11.8. The highest BCUT2D eigenvalue weighted by Crippen LogP contribution is 2.33. The molecule has 0 aliphatic carbocycles. The lowest BCUT2D eigenvalue weighted by atomic mass is 9.85. The van der Waals surface area contributed by atoms with Crippen LogP contribution in [0.25, 0.3) is 11.0 Å². The van der Waals surface area contributed by atoms with Gasteiger partial charge in [-0.1, -0.05) is 13.8 Å². The highest BCUT2D eigenvalue weighted by atomic mass is 79.9. The lowest BCUT2D eigenvalue weighted by Gasteiger charge is -2.23. The monoisotopic (exact) mass is 422 g/mol. The standard InChI is InChI=1S/C17H16BrClN4O2/c1-17(2,8-25-3)10-7-21-15-12(10)13(22-16(19)23-15)14(24)11-5-4-9(18)6-20-11/h4-7H,8H2,1-3H3,(H,21,22,23). The van der Waals surface area contributed by atoms with E-state index in [-0.39, 0.29) is 27.9 Å². The van der Waals surface area contributed by atoms with Crippen LogP contribution >= 0.6 is 27.5 Å². The van der Waals surface area contributed by atoms with Gasteiger partial charge >= 0.3 is 0 Å². The van der Waals surface area contributed by atoms with Crippen molar-refractivity contribution in [2.45, 2.75) is 19.3 Å². The molecule has 0 spiro atoms. The lowest BCUT2D eigenvalue weighted by molar-refractivity contribution is 0.103. The zero-order valence-corrected chi connectivity index (χ0v) is 16.3. The zero-order valence-electron chi connectivity index (χ0n) is 13.9. The van der Waals surface area contributed by atoms with Gasteiger partial charge < -0.3 is 9.72 Å². The van der Waals surface area contributed by atoms with E-state index in [1.165, 1.54) is 0 Å². The maximum atomic E-state index is 13.0. The second-order valence-electron chi connectivity index (χ2n) is 6.27. The number of carbonyl (C=O) groups excluding carboxylic acids is 1. The molecule has 0 amide bonds. The molecule has 0 saturated heterocycles. The fourth-order valence-electron chi connectivity index (χ4n) is 2.77. The van der Waals surface area contributed by atoms with Crippen LogP contribution in [0.3, 0.4) is 0 Å². The number of rotatable bonds is 5. The van der Waals surface area contributed by atoms with Crippen LogP contribution in [0, 0.1) is 0 Å². The summed E-state index contributed by atoms with van der Waals surface area (Å²) in [7, 11) is 1.64. The summed E-state index contributed by atoms with van der Waals surface area (Å²) in [4.78, 5) is 28.6. The maximum absolute atomic E-state index is 13.0. The number of fused-ring (bicyclic) bond motifs is 1. The van der Waals surface area contributed by atoms with E-state index in [0.717, 1.165) is 10.0 Å². The first kappa shape index (κ1) is 18.0. The number of ether oxygens (including phenoxy) is 1. The summed E-state index contributed by atoms with van der Waals surface area (Å²) in [6.07, 6.45) is 3.39. The van der Waals surface area contributed by atoms with Crippen molar-refractivity contribution in [1.82, 2.24) is 19.9 Å². The van der Waals surface area contributed by atoms with Gasteiger partial charge in [-0.25, -0.2) is 4.98 Å². The van der Waals surface area contributed by atoms with Gasteiger partial charge in [0, 0.05) is 29.4 Å². The Morgan fingerprint density at radius 2 is 2.12 bits per heavy atom. The van der Waals surface area contributed by atoms with Gasteiger partial charge in [-0.2, -0.15) is 4.98 Å². The normalized spacial score (nSPS) is 11.9. The number of nitrogens with zero attached hydrogens (tertiary/aromatic N) is 3. The van der Waals surface area contributed by atoms with Crippen LogP contribution in [-0.4, -0.2) is 39.4 Å². The number of halogens is 2. The second kappa shape index (κ2) is 6.82. The Kier molecular flexibility index (Phi) is 4.90. The number of aromatic amines is 1. The van der Waals surface area contributed by atoms with Crippen molar-refractivity contribution in [1.29, 1.82) is 0 Å². The highest BCUT2D eigenvalue weighted by Gasteiger charge is 2.29. The molecule has 0 radical (unpaired) electrons. The molecule has 3 aromatic rings. The molecule has 3 rings (SSSR count). The second-order valence-corrected chi connectivity index (χ2v) is 7.53. The van der Waals surface area contributed by atoms with Crippen molar-refractivity contribution < 1.29 is 9.53 Å². The molecule has 0 aliphatic heterocycles. The number of nitrogens with one attached hydrogen (secondary N) is 1. The van der Waals surface area contributed by atoms with Gasteiger partial charge in [0.05, 0.1) is 12.0 Å². The third kappa shape index (κ3) is 3.44. The van der Waals surface area contributed by atoms with E-state index in [9.17, 15) is 4.79 Å². The molecular weight excluding hydrogens is 408 g/mol. The number of H-pyrrole nitrogens is 1. The Balaban J connectivity index is 2.21. The van der Waals surface area contributed by atoms with Gasteiger partial charge in [0.25, 0.3) is 0 Å². The summed E-state index contributed by atoms with van der Waals surface area (Å²) in [5.41, 5.74) is 1.58. The molecule has 0 atom stereocenters. The fraction of sp³-hybridized carbons (Fsp3) is 0.294. The number of hydrogen-bond acceptors (Lipinski definition) is 5. The van der Waals surface area contributed by atoms with Crippen LogP contribution < -0.4 is 0 Å². The fourth-order valence-corrected chi connectivity index (χ4v) is 3.18. The highest BCUT2D eigenvalue weighted by molar-refractivity contribution is 9.10. The molecule has 0 aliphatic rings. The van der Waals surface area contributed by atoms with Crippen LogP contribution in [0.4, 0.5) is 0 Å². The molecular formula is C17H16BrClN4O2. The van der Waals surface area contributed by atoms with Crippen molar-refractivity contribution in [3.63, 3.8) is 0 Å². The Bertz CT molecular complexity index is 938. The Labute approximate surface area is 158 Å². The lowest BCUT2D eigenvalue weighted by Crippen LogP contribution is -2.24. The summed E-state index contributed by atoms with van der Waals surface area (Å²) >= 11 is 9.33. The molecule has 6 nitrogen and oxygen atoms in total. The molecule has 25 heavy (non-hydrogen) atoms. The minimum atomic E-state index is -0.341. The van der Waals surface area contributed by atoms with E-state index in [4.69, 9.17) is 16.3 Å². The zero-order chi connectivity index (χ0) is 18.2. The van der Waals surface area contributed by atoms with Crippen LogP contribution in [0.1, 0.15) is 35.6 Å². The molecule has 1 N–H and O–H groups in total. The predicted octanol–water partition coefficient (Wildman–Crippen LogP) is 3.92. The summed E-state index contributed by atoms with van der Waals surface area (Å²) in [5.74, 6) is -0.309. The van der Waals surface area contributed by atoms with E-state index >= 15 is 0 Å². The molecule has 0 aromatic carbocycles. The van der Waals surface area contributed by atoms with Gasteiger partial charge in [-0.15, -0.1) is 0 Å². The van der Waals surface area contributed by atoms with Gasteiger partial charge in [0.1, 0.15) is 17.0 Å². The minimum absolute atomic E-state index is 0.00547. The van der Waals surface area contributed by atoms with E-state index in [2.05, 4.69) is 35.9 Å². The molecule has 130 valence electrons. The van der Waals surface area contributed by atoms with Crippen LogP contribution in [-0.2, 0) is 10.2 Å².